The van der Waals surface area contributed by atoms with Crippen molar-refractivity contribution in [3.63, 3.8) is 0 Å². The summed E-state index contributed by atoms with van der Waals surface area (Å²) in [6.45, 7) is 3.04. The molecule has 1 N–H and O–H groups in total. The molecule has 1 aliphatic heterocycles. The number of nitrogens with zero attached hydrogens (tertiary/aromatic N) is 1. The maximum atomic E-state index is 5.96. The maximum Gasteiger partial charge on any atom is 0.128 e. The van der Waals surface area contributed by atoms with E-state index in [2.05, 4.69) is 47.4 Å². The average molecular weight is 230 g/mol. The van der Waals surface area contributed by atoms with Crippen LogP contribution in [0.3, 0.4) is 0 Å². The molecule has 90 valence electrons. The summed E-state index contributed by atoms with van der Waals surface area (Å²) in [5.41, 5.74) is 1.23. The van der Waals surface area contributed by atoms with Crippen molar-refractivity contribution in [1.82, 2.24) is 9.88 Å². The Balaban J connectivity index is 1.79. The van der Waals surface area contributed by atoms with E-state index in [1.54, 1.807) is 0 Å². The molecule has 1 saturated heterocycles. The number of benzene rings is 1. The minimum absolute atomic E-state index is 0.661. The summed E-state index contributed by atoms with van der Waals surface area (Å²) < 4.78 is 8.09. The van der Waals surface area contributed by atoms with E-state index in [0.717, 1.165) is 25.4 Å². The van der Waals surface area contributed by atoms with Crippen LogP contribution in [-0.2, 0) is 7.05 Å². The van der Waals surface area contributed by atoms with Crippen LogP contribution in [0.5, 0.6) is 5.75 Å². The molecule has 3 rings (SSSR count). The van der Waals surface area contributed by atoms with Crippen molar-refractivity contribution in [3.8, 4) is 5.75 Å². The first kappa shape index (κ1) is 10.7. The molecule has 1 unspecified atom stereocenters. The van der Waals surface area contributed by atoms with Gasteiger partial charge in [0, 0.05) is 31.1 Å². The van der Waals surface area contributed by atoms with Crippen LogP contribution < -0.4 is 10.1 Å². The van der Waals surface area contributed by atoms with Gasteiger partial charge in [0.15, 0.2) is 0 Å². The van der Waals surface area contributed by atoms with E-state index in [4.69, 9.17) is 4.74 Å². The van der Waals surface area contributed by atoms with Gasteiger partial charge in [-0.25, -0.2) is 0 Å². The van der Waals surface area contributed by atoms with Gasteiger partial charge >= 0.3 is 0 Å². The first-order valence-corrected chi connectivity index (χ1v) is 6.22. The van der Waals surface area contributed by atoms with E-state index in [9.17, 15) is 0 Å². The first-order valence-electron chi connectivity index (χ1n) is 6.22. The molecule has 0 spiro atoms. The van der Waals surface area contributed by atoms with Crippen LogP contribution in [-0.4, -0.2) is 24.3 Å². The molecule has 1 aromatic carbocycles. The lowest BCUT2D eigenvalue weighted by Crippen LogP contribution is -2.15. The molecule has 2 heterocycles. The lowest BCUT2D eigenvalue weighted by Gasteiger charge is -2.11. The number of hydrogen-bond donors (Lipinski definition) is 1. The number of aryl methyl sites for hydroxylation is 1. The van der Waals surface area contributed by atoms with Crippen LogP contribution in [0, 0.1) is 5.92 Å². The van der Waals surface area contributed by atoms with Crippen molar-refractivity contribution in [2.45, 2.75) is 6.42 Å². The monoisotopic (exact) mass is 230 g/mol. The Kier molecular flexibility index (Phi) is 2.77. The lowest BCUT2D eigenvalue weighted by atomic mass is 10.1. The first-order chi connectivity index (χ1) is 8.34. The highest BCUT2D eigenvalue weighted by atomic mass is 16.5. The van der Waals surface area contributed by atoms with E-state index < -0.39 is 0 Å². The van der Waals surface area contributed by atoms with Crippen LogP contribution in [0.25, 0.3) is 10.9 Å². The van der Waals surface area contributed by atoms with Crippen molar-refractivity contribution in [2.24, 2.45) is 13.0 Å². The van der Waals surface area contributed by atoms with Gasteiger partial charge < -0.3 is 14.6 Å². The zero-order valence-electron chi connectivity index (χ0n) is 10.1. The zero-order chi connectivity index (χ0) is 11.7. The number of nitrogens with one attached hydrogen (secondary N) is 1. The highest BCUT2D eigenvalue weighted by Crippen LogP contribution is 2.26. The minimum atomic E-state index is 0.661. The van der Waals surface area contributed by atoms with E-state index in [1.807, 2.05) is 0 Å². The molecule has 17 heavy (non-hydrogen) atoms. The molecule has 2 aromatic rings. The molecule has 1 fully saturated rings. The smallest absolute Gasteiger partial charge is 0.128 e. The molecular formula is C14H18N2O. The molecule has 0 radical (unpaired) electrons. The SMILES string of the molecule is Cn1ccc2c(OCC3CCNC3)cccc21. The number of hydrogen-bond acceptors (Lipinski definition) is 2. The largest absolute Gasteiger partial charge is 0.493 e. The quantitative estimate of drug-likeness (QED) is 0.874. The predicted octanol–water partition coefficient (Wildman–Crippen LogP) is 2.17. The van der Waals surface area contributed by atoms with Crippen molar-refractivity contribution < 1.29 is 4.74 Å². The molecule has 1 aliphatic rings. The molecule has 0 saturated carbocycles. The van der Waals surface area contributed by atoms with Crippen molar-refractivity contribution >= 4 is 10.9 Å². The van der Waals surface area contributed by atoms with Gasteiger partial charge in [0.2, 0.25) is 0 Å². The second-order valence-electron chi connectivity index (χ2n) is 4.79. The molecular weight excluding hydrogens is 212 g/mol. The number of fused-ring (bicyclic) bond motifs is 1. The fourth-order valence-electron chi connectivity index (χ4n) is 2.46. The van der Waals surface area contributed by atoms with E-state index in [-0.39, 0.29) is 0 Å². The Morgan fingerprint density at radius 1 is 1.41 bits per heavy atom. The van der Waals surface area contributed by atoms with Crippen molar-refractivity contribution in [2.75, 3.05) is 19.7 Å². The third-order valence-corrected chi connectivity index (χ3v) is 3.52. The van der Waals surface area contributed by atoms with Crippen LogP contribution in [0.2, 0.25) is 0 Å². The lowest BCUT2D eigenvalue weighted by molar-refractivity contribution is 0.263. The third kappa shape index (κ3) is 2.03. The topological polar surface area (TPSA) is 26.2 Å². The highest BCUT2D eigenvalue weighted by Gasteiger charge is 2.15. The standard InChI is InChI=1S/C14H18N2O/c1-16-8-6-12-13(16)3-2-4-14(12)17-10-11-5-7-15-9-11/h2-4,6,8,11,15H,5,7,9-10H2,1H3. The zero-order valence-corrected chi connectivity index (χ0v) is 10.1. The Morgan fingerprint density at radius 2 is 2.35 bits per heavy atom. The fourth-order valence-corrected chi connectivity index (χ4v) is 2.46. The summed E-state index contributed by atoms with van der Waals surface area (Å²) in [5, 5.41) is 4.57. The second kappa shape index (κ2) is 4.41. The van der Waals surface area contributed by atoms with Gasteiger partial charge in [-0.15, -0.1) is 0 Å². The van der Waals surface area contributed by atoms with Gasteiger partial charge in [0.1, 0.15) is 5.75 Å². The van der Waals surface area contributed by atoms with E-state index in [0.29, 0.717) is 5.92 Å². The fraction of sp³-hybridized carbons (Fsp3) is 0.429. The molecule has 1 aromatic heterocycles. The Hall–Kier alpha value is -1.48. The molecule has 3 heteroatoms. The van der Waals surface area contributed by atoms with Crippen molar-refractivity contribution in [1.29, 1.82) is 0 Å². The summed E-state index contributed by atoms with van der Waals surface area (Å²) in [7, 11) is 2.06. The number of aromatic nitrogens is 1. The molecule has 0 bridgehead atoms. The van der Waals surface area contributed by atoms with Gasteiger partial charge in [-0.05, 0) is 31.2 Å². The van der Waals surface area contributed by atoms with Gasteiger partial charge in [0.25, 0.3) is 0 Å². The number of rotatable bonds is 3. The van der Waals surface area contributed by atoms with Gasteiger partial charge in [0.05, 0.1) is 12.1 Å². The Morgan fingerprint density at radius 3 is 3.18 bits per heavy atom. The van der Waals surface area contributed by atoms with Crippen LogP contribution in [0.15, 0.2) is 30.5 Å². The van der Waals surface area contributed by atoms with Crippen LogP contribution in [0.4, 0.5) is 0 Å². The minimum Gasteiger partial charge on any atom is -0.493 e. The molecule has 1 atom stereocenters. The van der Waals surface area contributed by atoms with Crippen molar-refractivity contribution in [3.05, 3.63) is 30.5 Å². The Labute approximate surface area is 101 Å². The van der Waals surface area contributed by atoms with Gasteiger partial charge in [-0.1, -0.05) is 6.07 Å². The predicted molar refractivity (Wildman–Crippen MR) is 69.4 cm³/mol. The Bertz CT molecular complexity index is 512. The summed E-state index contributed by atoms with van der Waals surface area (Å²) in [5.74, 6) is 1.67. The third-order valence-electron chi connectivity index (χ3n) is 3.52. The van der Waals surface area contributed by atoms with E-state index >= 15 is 0 Å². The van der Waals surface area contributed by atoms with Gasteiger partial charge in [-0.2, -0.15) is 0 Å². The normalized spacial score (nSPS) is 19.9. The second-order valence-corrected chi connectivity index (χ2v) is 4.79. The van der Waals surface area contributed by atoms with E-state index in [1.165, 1.54) is 17.3 Å². The van der Waals surface area contributed by atoms with Gasteiger partial charge in [-0.3, -0.25) is 0 Å². The van der Waals surface area contributed by atoms with Crippen LogP contribution >= 0.6 is 0 Å². The molecule has 0 amide bonds. The average Bonchev–Trinajstić information content (AvgIpc) is 2.97. The van der Waals surface area contributed by atoms with Crippen LogP contribution in [0.1, 0.15) is 6.42 Å². The summed E-state index contributed by atoms with van der Waals surface area (Å²) >= 11 is 0. The molecule has 3 nitrogen and oxygen atoms in total. The maximum absolute atomic E-state index is 5.96. The summed E-state index contributed by atoms with van der Waals surface area (Å²) in [6.07, 6.45) is 3.30. The molecule has 0 aliphatic carbocycles. The number of ether oxygens (including phenoxy) is 1. The summed E-state index contributed by atoms with van der Waals surface area (Å²) in [4.78, 5) is 0. The summed E-state index contributed by atoms with van der Waals surface area (Å²) in [6, 6.07) is 8.37. The highest BCUT2D eigenvalue weighted by molar-refractivity contribution is 5.86.